The van der Waals surface area contributed by atoms with E-state index in [9.17, 15) is 4.79 Å². The Morgan fingerprint density at radius 2 is 2.04 bits per heavy atom. The summed E-state index contributed by atoms with van der Waals surface area (Å²) in [7, 11) is 2.16. The van der Waals surface area contributed by atoms with Crippen molar-refractivity contribution >= 4 is 11.6 Å². The molecule has 2 aliphatic rings. The Bertz CT molecular complexity index is 819. The number of fused-ring (bicyclic) bond motifs is 3. The van der Waals surface area contributed by atoms with Gasteiger partial charge in [0.2, 0.25) is 5.91 Å². The standard InChI is InChI=1S/C21H25N3O2/c1-3-26-15-7-4-13(5-8-15)19-16-10-11-24(2)20(16)17-12-14(21(22)25)6-9-18(17)23-19/h4-9,12,16,19-20,23H,3,10-11H2,1-2H3,(H2,22,25). The van der Waals surface area contributed by atoms with E-state index in [-0.39, 0.29) is 11.9 Å². The first-order valence-electron chi connectivity index (χ1n) is 9.21. The topological polar surface area (TPSA) is 67.6 Å². The fraction of sp³-hybridized carbons (Fsp3) is 0.381. The van der Waals surface area contributed by atoms with E-state index >= 15 is 0 Å². The second-order valence-electron chi connectivity index (χ2n) is 7.17. The van der Waals surface area contributed by atoms with Gasteiger partial charge in [-0.05, 0) is 68.4 Å². The molecule has 0 aliphatic carbocycles. The number of amides is 1. The molecule has 5 nitrogen and oxygen atoms in total. The molecule has 26 heavy (non-hydrogen) atoms. The third kappa shape index (κ3) is 2.82. The van der Waals surface area contributed by atoms with Crippen molar-refractivity contribution in [3.8, 4) is 5.75 Å². The first kappa shape index (κ1) is 16.9. The highest BCUT2D eigenvalue weighted by molar-refractivity contribution is 5.93. The van der Waals surface area contributed by atoms with Crippen molar-refractivity contribution in [3.63, 3.8) is 0 Å². The Balaban J connectivity index is 1.71. The lowest BCUT2D eigenvalue weighted by atomic mass is 9.79. The fourth-order valence-electron chi connectivity index (χ4n) is 4.43. The highest BCUT2D eigenvalue weighted by Crippen LogP contribution is 2.50. The Labute approximate surface area is 154 Å². The molecule has 1 fully saturated rings. The number of likely N-dealkylation sites (tertiary alicyclic amines) is 1. The van der Waals surface area contributed by atoms with Crippen molar-refractivity contribution in [1.82, 2.24) is 4.90 Å². The molecular formula is C21H25N3O2. The number of carbonyl (C=O) groups excluding carboxylic acids is 1. The minimum atomic E-state index is -0.376. The Morgan fingerprint density at radius 1 is 1.27 bits per heavy atom. The maximum atomic E-state index is 11.6. The van der Waals surface area contributed by atoms with Crippen molar-refractivity contribution < 1.29 is 9.53 Å². The lowest BCUT2D eigenvalue weighted by Crippen LogP contribution is -2.33. The molecule has 0 saturated carbocycles. The van der Waals surface area contributed by atoms with Crippen molar-refractivity contribution in [2.45, 2.75) is 25.4 Å². The molecule has 136 valence electrons. The van der Waals surface area contributed by atoms with E-state index in [0.29, 0.717) is 24.1 Å². The molecule has 5 heteroatoms. The maximum Gasteiger partial charge on any atom is 0.248 e. The van der Waals surface area contributed by atoms with Gasteiger partial charge in [0.15, 0.2) is 0 Å². The van der Waals surface area contributed by atoms with Crippen LogP contribution in [0.2, 0.25) is 0 Å². The van der Waals surface area contributed by atoms with Crippen LogP contribution < -0.4 is 15.8 Å². The summed E-state index contributed by atoms with van der Waals surface area (Å²) in [6.07, 6.45) is 1.12. The Kier molecular flexibility index (Phi) is 4.32. The average Bonchev–Trinajstić information content (AvgIpc) is 3.04. The summed E-state index contributed by atoms with van der Waals surface area (Å²) in [6.45, 7) is 3.71. The molecule has 0 spiro atoms. The van der Waals surface area contributed by atoms with Crippen molar-refractivity contribution in [3.05, 3.63) is 59.2 Å². The minimum Gasteiger partial charge on any atom is -0.494 e. The summed E-state index contributed by atoms with van der Waals surface area (Å²) in [5.41, 5.74) is 9.59. The van der Waals surface area contributed by atoms with Gasteiger partial charge in [-0.25, -0.2) is 0 Å². The zero-order valence-corrected chi connectivity index (χ0v) is 15.2. The first-order valence-corrected chi connectivity index (χ1v) is 9.21. The molecule has 0 radical (unpaired) electrons. The SMILES string of the molecule is CCOc1ccc(C2Nc3ccc(C(N)=O)cc3C3C2CCN3C)cc1. The van der Waals surface area contributed by atoms with Crippen LogP contribution in [-0.2, 0) is 0 Å². The molecule has 3 N–H and O–H groups in total. The molecule has 2 aromatic rings. The summed E-state index contributed by atoms with van der Waals surface area (Å²) in [5.74, 6) is 0.978. The number of hydrogen-bond donors (Lipinski definition) is 2. The predicted octanol–water partition coefficient (Wildman–Crippen LogP) is 3.34. The lowest BCUT2D eigenvalue weighted by Gasteiger charge is -2.39. The van der Waals surface area contributed by atoms with E-state index in [0.717, 1.165) is 24.4 Å². The summed E-state index contributed by atoms with van der Waals surface area (Å²) in [5, 5.41) is 3.70. The quantitative estimate of drug-likeness (QED) is 0.886. The van der Waals surface area contributed by atoms with Gasteiger partial charge in [0.1, 0.15) is 5.75 Å². The van der Waals surface area contributed by atoms with E-state index in [1.165, 1.54) is 11.1 Å². The minimum absolute atomic E-state index is 0.243. The Morgan fingerprint density at radius 3 is 2.73 bits per heavy atom. The van der Waals surface area contributed by atoms with Gasteiger partial charge < -0.3 is 15.8 Å². The van der Waals surface area contributed by atoms with Crippen molar-refractivity contribution in [1.29, 1.82) is 0 Å². The number of rotatable bonds is 4. The van der Waals surface area contributed by atoms with Crippen LogP contribution >= 0.6 is 0 Å². The molecule has 1 amide bonds. The molecule has 4 rings (SSSR count). The van der Waals surface area contributed by atoms with Crippen LogP contribution in [-0.4, -0.2) is 31.0 Å². The largest absolute Gasteiger partial charge is 0.494 e. The van der Waals surface area contributed by atoms with Crippen LogP contribution in [0.5, 0.6) is 5.75 Å². The number of carbonyl (C=O) groups is 1. The highest BCUT2D eigenvalue weighted by atomic mass is 16.5. The first-order chi connectivity index (χ1) is 12.6. The van der Waals surface area contributed by atoms with Crippen LogP contribution in [0.3, 0.4) is 0 Å². The molecule has 1 saturated heterocycles. The van der Waals surface area contributed by atoms with Gasteiger partial charge in [-0.1, -0.05) is 12.1 Å². The van der Waals surface area contributed by atoms with Gasteiger partial charge in [-0.3, -0.25) is 9.69 Å². The van der Waals surface area contributed by atoms with Gasteiger partial charge in [0.25, 0.3) is 0 Å². The number of nitrogens with two attached hydrogens (primary N) is 1. The smallest absolute Gasteiger partial charge is 0.248 e. The lowest BCUT2D eigenvalue weighted by molar-refractivity contribution is 0.1000. The van der Waals surface area contributed by atoms with Crippen LogP contribution in [0.25, 0.3) is 0 Å². The monoisotopic (exact) mass is 351 g/mol. The summed E-state index contributed by atoms with van der Waals surface area (Å²) >= 11 is 0. The zero-order chi connectivity index (χ0) is 18.3. The third-order valence-electron chi connectivity index (χ3n) is 5.64. The molecule has 0 aromatic heterocycles. The van der Waals surface area contributed by atoms with E-state index < -0.39 is 0 Å². The summed E-state index contributed by atoms with van der Waals surface area (Å²) in [4.78, 5) is 14.0. The number of benzene rings is 2. The summed E-state index contributed by atoms with van der Waals surface area (Å²) in [6, 6.07) is 14.7. The molecule has 2 aromatic carbocycles. The van der Waals surface area contributed by atoms with Crippen LogP contribution in [0, 0.1) is 5.92 Å². The number of anilines is 1. The zero-order valence-electron chi connectivity index (χ0n) is 15.2. The molecule has 2 heterocycles. The highest BCUT2D eigenvalue weighted by Gasteiger charge is 2.43. The van der Waals surface area contributed by atoms with Gasteiger partial charge >= 0.3 is 0 Å². The van der Waals surface area contributed by atoms with Crippen LogP contribution in [0.1, 0.15) is 46.9 Å². The van der Waals surface area contributed by atoms with Gasteiger partial charge in [0, 0.05) is 23.2 Å². The normalized spacial score (nSPS) is 24.5. The number of nitrogens with zero attached hydrogens (tertiary/aromatic N) is 1. The second-order valence-corrected chi connectivity index (χ2v) is 7.17. The van der Waals surface area contributed by atoms with E-state index in [1.807, 2.05) is 31.2 Å². The molecule has 3 atom stereocenters. The van der Waals surface area contributed by atoms with Crippen LogP contribution in [0.4, 0.5) is 5.69 Å². The number of hydrogen-bond acceptors (Lipinski definition) is 4. The molecule has 0 bridgehead atoms. The molecular weight excluding hydrogens is 326 g/mol. The predicted molar refractivity (Wildman–Crippen MR) is 102 cm³/mol. The van der Waals surface area contributed by atoms with Crippen molar-refractivity contribution in [2.75, 3.05) is 25.5 Å². The second kappa shape index (κ2) is 6.65. The molecule has 3 unspecified atom stereocenters. The third-order valence-corrected chi connectivity index (χ3v) is 5.64. The van der Waals surface area contributed by atoms with Gasteiger partial charge in [0.05, 0.1) is 12.6 Å². The van der Waals surface area contributed by atoms with Crippen LogP contribution in [0.15, 0.2) is 42.5 Å². The molecule has 2 aliphatic heterocycles. The van der Waals surface area contributed by atoms with Gasteiger partial charge in [-0.2, -0.15) is 0 Å². The average molecular weight is 351 g/mol. The fourth-order valence-corrected chi connectivity index (χ4v) is 4.43. The van der Waals surface area contributed by atoms with Gasteiger partial charge in [-0.15, -0.1) is 0 Å². The Hall–Kier alpha value is -2.53. The number of ether oxygens (including phenoxy) is 1. The number of nitrogens with one attached hydrogen (secondary N) is 1. The van der Waals surface area contributed by atoms with Crippen molar-refractivity contribution in [2.24, 2.45) is 11.7 Å². The van der Waals surface area contributed by atoms with E-state index in [2.05, 4.69) is 29.4 Å². The number of primary amides is 1. The summed E-state index contributed by atoms with van der Waals surface area (Å²) < 4.78 is 5.57. The maximum absolute atomic E-state index is 11.6. The van der Waals surface area contributed by atoms with E-state index in [1.54, 1.807) is 6.07 Å². The van der Waals surface area contributed by atoms with E-state index in [4.69, 9.17) is 10.5 Å².